The van der Waals surface area contributed by atoms with Crippen LogP contribution in [0.1, 0.15) is 34.9 Å². The Balaban J connectivity index is 1.81. The lowest BCUT2D eigenvalue weighted by Crippen LogP contribution is -2.21. The lowest BCUT2D eigenvalue weighted by molar-refractivity contribution is -0.141. The summed E-state index contributed by atoms with van der Waals surface area (Å²) in [6.45, 7) is 1.33. The number of rotatable bonds is 5. The van der Waals surface area contributed by atoms with E-state index in [-0.39, 0.29) is 22.5 Å². The van der Waals surface area contributed by atoms with E-state index in [0.29, 0.717) is 18.8 Å². The molecule has 0 amide bonds. The Morgan fingerprint density at radius 3 is 2.60 bits per heavy atom. The van der Waals surface area contributed by atoms with Crippen LogP contribution in [0.15, 0.2) is 27.8 Å². The van der Waals surface area contributed by atoms with E-state index in [9.17, 15) is 18.0 Å². The molecule has 1 saturated heterocycles. The van der Waals surface area contributed by atoms with Crippen LogP contribution in [-0.2, 0) is 11.9 Å². The van der Waals surface area contributed by atoms with Gasteiger partial charge in [-0.2, -0.15) is 13.2 Å². The molecule has 2 aromatic rings. The molecule has 0 atom stereocenters. The first-order valence-corrected chi connectivity index (χ1v) is 8.47. The molecule has 1 fully saturated rings. The first-order valence-electron chi connectivity index (χ1n) is 7.49. The normalized spacial score (nSPS) is 14.9. The van der Waals surface area contributed by atoms with Crippen molar-refractivity contribution in [3.8, 4) is 0 Å². The number of carboxylic acid groups (broad SMARTS) is 1. The lowest BCUT2D eigenvalue weighted by Gasteiger charge is -2.18. The molecule has 2 aromatic heterocycles. The number of alkyl halides is 3. The van der Waals surface area contributed by atoms with Gasteiger partial charge in [0.05, 0.1) is 5.75 Å². The van der Waals surface area contributed by atoms with Gasteiger partial charge in [0.25, 0.3) is 0 Å². The fourth-order valence-corrected chi connectivity index (χ4v) is 3.18. The van der Waals surface area contributed by atoms with Crippen molar-refractivity contribution in [2.24, 2.45) is 0 Å². The Bertz CT molecular complexity index is 773. The molecule has 0 saturated carbocycles. The zero-order valence-corrected chi connectivity index (χ0v) is 13.7. The van der Waals surface area contributed by atoms with Crippen LogP contribution in [0.4, 0.5) is 19.0 Å². The number of hydrogen-bond donors (Lipinski definition) is 1. The van der Waals surface area contributed by atoms with E-state index in [2.05, 4.69) is 9.97 Å². The first-order chi connectivity index (χ1) is 11.8. The lowest BCUT2D eigenvalue weighted by atomic mass is 10.3. The van der Waals surface area contributed by atoms with Gasteiger partial charge in [-0.05, 0) is 25.0 Å². The summed E-state index contributed by atoms with van der Waals surface area (Å²) < 4.78 is 44.4. The third-order valence-corrected chi connectivity index (χ3v) is 4.50. The second-order valence-electron chi connectivity index (χ2n) is 5.45. The second kappa shape index (κ2) is 6.95. The van der Waals surface area contributed by atoms with Gasteiger partial charge in [-0.3, -0.25) is 0 Å². The molecule has 0 spiro atoms. The Morgan fingerprint density at radius 1 is 1.28 bits per heavy atom. The number of aromatic nitrogens is 2. The largest absolute Gasteiger partial charge is 0.475 e. The molecular formula is C15H14F3N3O3S. The average molecular weight is 373 g/mol. The molecule has 134 valence electrons. The Kier molecular flexibility index (Phi) is 4.89. The minimum Gasteiger partial charge on any atom is -0.475 e. The van der Waals surface area contributed by atoms with Crippen molar-refractivity contribution in [3.63, 3.8) is 0 Å². The van der Waals surface area contributed by atoms with Crippen LogP contribution >= 0.6 is 11.8 Å². The third kappa shape index (κ3) is 4.25. The summed E-state index contributed by atoms with van der Waals surface area (Å²) >= 11 is 0.966. The predicted octanol–water partition coefficient (Wildman–Crippen LogP) is 3.68. The molecule has 25 heavy (non-hydrogen) atoms. The fraction of sp³-hybridized carbons (Fsp3) is 0.400. The van der Waals surface area contributed by atoms with Crippen LogP contribution in [0, 0.1) is 0 Å². The van der Waals surface area contributed by atoms with Crippen molar-refractivity contribution < 1.29 is 27.5 Å². The van der Waals surface area contributed by atoms with E-state index < -0.39 is 17.8 Å². The molecule has 10 heteroatoms. The van der Waals surface area contributed by atoms with Crippen molar-refractivity contribution in [3.05, 3.63) is 35.4 Å². The van der Waals surface area contributed by atoms with E-state index in [4.69, 9.17) is 9.52 Å². The topological polar surface area (TPSA) is 79.5 Å². The van der Waals surface area contributed by atoms with Crippen molar-refractivity contribution in [1.29, 1.82) is 0 Å². The number of carboxylic acids is 1. The number of nitrogens with zero attached hydrogens (tertiary/aromatic N) is 3. The number of thioether (sulfide) groups is 1. The smallest absolute Gasteiger partial charge is 0.433 e. The van der Waals surface area contributed by atoms with Crippen LogP contribution < -0.4 is 4.90 Å². The minimum absolute atomic E-state index is 0.0231. The van der Waals surface area contributed by atoms with Crippen molar-refractivity contribution in [1.82, 2.24) is 9.97 Å². The van der Waals surface area contributed by atoms with E-state index >= 15 is 0 Å². The van der Waals surface area contributed by atoms with Gasteiger partial charge in [0.1, 0.15) is 11.6 Å². The summed E-state index contributed by atoms with van der Waals surface area (Å²) in [5.74, 6) is -0.714. The summed E-state index contributed by atoms with van der Waals surface area (Å²) in [6.07, 6.45) is -2.73. The third-order valence-electron chi connectivity index (χ3n) is 3.63. The maximum absolute atomic E-state index is 13.1. The van der Waals surface area contributed by atoms with E-state index in [1.54, 1.807) is 4.90 Å². The number of furan rings is 1. The number of anilines is 1. The quantitative estimate of drug-likeness (QED) is 0.633. The number of aromatic carboxylic acids is 1. The van der Waals surface area contributed by atoms with Crippen LogP contribution in [0.2, 0.25) is 0 Å². The van der Waals surface area contributed by atoms with Crippen LogP contribution in [0.25, 0.3) is 0 Å². The maximum atomic E-state index is 13.1. The van der Waals surface area contributed by atoms with Gasteiger partial charge in [0, 0.05) is 19.2 Å². The standard InChI is InChI=1S/C15H14F3N3O3S/c16-15(17,18)11-7-12(21-5-1-2-6-21)20-14(19-11)25-8-9-3-4-10(24-9)13(22)23/h3-4,7H,1-2,5-6,8H2,(H,22,23). The van der Waals surface area contributed by atoms with Gasteiger partial charge in [-0.15, -0.1) is 0 Å². The van der Waals surface area contributed by atoms with Crippen molar-refractivity contribution in [2.45, 2.75) is 29.9 Å². The SMILES string of the molecule is O=C(O)c1ccc(CSc2nc(N3CCCC3)cc(C(F)(F)F)n2)o1. The predicted molar refractivity (Wildman–Crippen MR) is 83.7 cm³/mol. The monoisotopic (exact) mass is 373 g/mol. The molecule has 1 N–H and O–H groups in total. The van der Waals surface area contributed by atoms with Gasteiger partial charge in [0.2, 0.25) is 5.76 Å². The number of halogens is 3. The number of hydrogen-bond acceptors (Lipinski definition) is 6. The molecule has 0 radical (unpaired) electrons. The first kappa shape index (κ1) is 17.6. The van der Waals surface area contributed by atoms with Gasteiger partial charge >= 0.3 is 12.1 Å². The van der Waals surface area contributed by atoms with E-state index in [1.807, 2.05) is 0 Å². The molecule has 3 heterocycles. The molecule has 0 aromatic carbocycles. The summed E-state index contributed by atoms with van der Waals surface area (Å²) in [6, 6.07) is 3.72. The zero-order valence-electron chi connectivity index (χ0n) is 12.9. The molecular weight excluding hydrogens is 359 g/mol. The average Bonchev–Trinajstić information content (AvgIpc) is 3.23. The minimum atomic E-state index is -4.56. The molecule has 1 aliphatic rings. The van der Waals surface area contributed by atoms with Crippen molar-refractivity contribution >= 4 is 23.5 Å². The highest BCUT2D eigenvalue weighted by molar-refractivity contribution is 7.98. The van der Waals surface area contributed by atoms with Gasteiger partial charge in [-0.25, -0.2) is 14.8 Å². The molecule has 0 unspecified atom stereocenters. The van der Waals surface area contributed by atoms with E-state index in [0.717, 1.165) is 30.7 Å². The number of carbonyl (C=O) groups is 1. The Morgan fingerprint density at radius 2 is 2.00 bits per heavy atom. The Hall–Kier alpha value is -2.23. The van der Waals surface area contributed by atoms with Gasteiger partial charge < -0.3 is 14.4 Å². The molecule has 0 bridgehead atoms. The summed E-state index contributed by atoms with van der Waals surface area (Å²) in [5, 5.41) is 8.79. The van der Waals surface area contributed by atoms with E-state index in [1.165, 1.54) is 12.1 Å². The molecule has 6 nitrogen and oxygen atoms in total. The molecule has 1 aliphatic heterocycles. The highest BCUT2D eigenvalue weighted by atomic mass is 32.2. The summed E-state index contributed by atoms with van der Waals surface area (Å²) in [7, 11) is 0. The van der Waals surface area contributed by atoms with Crippen LogP contribution in [-0.4, -0.2) is 34.1 Å². The van der Waals surface area contributed by atoms with Crippen LogP contribution in [0.5, 0.6) is 0 Å². The zero-order chi connectivity index (χ0) is 18.0. The highest BCUT2D eigenvalue weighted by Crippen LogP contribution is 2.33. The van der Waals surface area contributed by atoms with Gasteiger partial charge in [-0.1, -0.05) is 11.8 Å². The maximum Gasteiger partial charge on any atom is 0.433 e. The Labute approximate surface area is 145 Å². The summed E-state index contributed by atoms with van der Waals surface area (Å²) in [4.78, 5) is 20.4. The van der Waals surface area contributed by atoms with Crippen LogP contribution in [0.3, 0.4) is 0 Å². The van der Waals surface area contributed by atoms with Gasteiger partial charge in [0.15, 0.2) is 10.9 Å². The summed E-state index contributed by atoms with van der Waals surface area (Å²) in [5.41, 5.74) is -0.988. The second-order valence-corrected chi connectivity index (χ2v) is 6.39. The van der Waals surface area contributed by atoms with Crippen molar-refractivity contribution in [2.75, 3.05) is 18.0 Å². The highest BCUT2D eigenvalue weighted by Gasteiger charge is 2.34. The fourth-order valence-electron chi connectivity index (χ4n) is 2.44. The molecule has 0 aliphatic carbocycles. The molecule has 3 rings (SSSR count).